The van der Waals surface area contributed by atoms with Crippen LogP contribution in [0.15, 0.2) is 34.9 Å². The molecule has 3 aromatic rings. The molecule has 7 nitrogen and oxygen atoms in total. The Morgan fingerprint density at radius 1 is 1.14 bits per heavy atom. The first-order valence-electron chi connectivity index (χ1n) is 10.3. The van der Waals surface area contributed by atoms with Crippen LogP contribution in [0.25, 0.3) is 22.3 Å². The Hall–Kier alpha value is -2.96. The van der Waals surface area contributed by atoms with E-state index in [1.54, 1.807) is 7.11 Å². The predicted molar refractivity (Wildman–Crippen MR) is 107 cm³/mol. The Morgan fingerprint density at radius 2 is 1.93 bits per heavy atom. The summed E-state index contributed by atoms with van der Waals surface area (Å²) in [5.41, 5.74) is 1.65. The summed E-state index contributed by atoms with van der Waals surface area (Å²) in [6, 6.07) is 9.65. The minimum Gasteiger partial charge on any atom is -0.481 e. The van der Waals surface area contributed by atoms with E-state index in [4.69, 9.17) is 9.26 Å². The summed E-state index contributed by atoms with van der Waals surface area (Å²) < 4.78 is 10.9. The number of methoxy groups -OCH3 is 1. The van der Waals surface area contributed by atoms with Crippen molar-refractivity contribution in [1.82, 2.24) is 20.0 Å². The number of hydrogen-bond acceptors (Lipinski definition) is 6. The van der Waals surface area contributed by atoms with Crippen LogP contribution in [0, 0.1) is 5.92 Å². The fraction of sp³-hybridized carbons (Fsp3) is 0.455. The van der Waals surface area contributed by atoms with Crippen molar-refractivity contribution in [1.29, 1.82) is 0 Å². The molecule has 0 N–H and O–H groups in total. The highest BCUT2D eigenvalue weighted by Gasteiger charge is 2.38. The van der Waals surface area contributed by atoms with Gasteiger partial charge in [-0.2, -0.15) is 4.98 Å². The Kier molecular flexibility index (Phi) is 4.66. The van der Waals surface area contributed by atoms with Crippen molar-refractivity contribution in [3.63, 3.8) is 0 Å². The number of likely N-dealkylation sites (tertiary alicyclic amines) is 1. The van der Waals surface area contributed by atoms with Crippen molar-refractivity contribution in [3.8, 4) is 17.3 Å². The summed E-state index contributed by atoms with van der Waals surface area (Å²) in [4.78, 5) is 23.7. The maximum absolute atomic E-state index is 12.6. The summed E-state index contributed by atoms with van der Waals surface area (Å²) in [5, 5.41) is 5.15. The van der Waals surface area contributed by atoms with E-state index in [1.807, 2.05) is 35.2 Å². The molecule has 0 unspecified atom stereocenters. The Morgan fingerprint density at radius 3 is 2.72 bits per heavy atom. The average Bonchev–Trinajstić information content (AvgIpc) is 3.22. The Bertz CT molecular complexity index is 1040. The van der Waals surface area contributed by atoms with Crippen molar-refractivity contribution in [2.24, 2.45) is 5.92 Å². The summed E-state index contributed by atoms with van der Waals surface area (Å²) in [5.74, 6) is 2.24. The van der Waals surface area contributed by atoms with Gasteiger partial charge < -0.3 is 14.2 Å². The topological polar surface area (TPSA) is 81.4 Å². The SMILES string of the molecule is COc1cc(-c2noc(C3CN(C(=O)C4CCCCC4)C3)n2)c2ccccc2n1. The lowest BCUT2D eigenvalue weighted by atomic mass is 9.86. The van der Waals surface area contributed by atoms with Crippen LogP contribution in [0.3, 0.4) is 0 Å². The summed E-state index contributed by atoms with van der Waals surface area (Å²) in [7, 11) is 1.59. The summed E-state index contributed by atoms with van der Waals surface area (Å²) in [6.45, 7) is 1.33. The largest absolute Gasteiger partial charge is 0.481 e. The van der Waals surface area contributed by atoms with Crippen LogP contribution in [-0.4, -0.2) is 46.1 Å². The molecule has 0 radical (unpaired) electrons. The molecule has 2 fully saturated rings. The first-order chi connectivity index (χ1) is 14.2. The molecule has 3 heterocycles. The molecule has 0 bridgehead atoms. The lowest BCUT2D eigenvalue weighted by Gasteiger charge is -2.39. The number of para-hydroxylation sites is 1. The number of hydrogen-bond donors (Lipinski definition) is 0. The first kappa shape index (κ1) is 18.1. The first-order valence-corrected chi connectivity index (χ1v) is 10.3. The fourth-order valence-electron chi connectivity index (χ4n) is 4.37. The van der Waals surface area contributed by atoms with E-state index in [-0.39, 0.29) is 11.8 Å². The summed E-state index contributed by atoms with van der Waals surface area (Å²) >= 11 is 0. The van der Waals surface area contributed by atoms with Gasteiger partial charge in [0, 0.05) is 36.0 Å². The van der Waals surface area contributed by atoms with Gasteiger partial charge in [0.2, 0.25) is 23.5 Å². The molecule has 5 rings (SSSR count). The minimum atomic E-state index is 0.110. The number of nitrogens with zero attached hydrogens (tertiary/aromatic N) is 4. The van der Waals surface area contributed by atoms with Gasteiger partial charge in [-0.25, -0.2) is 4.98 Å². The van der Waals surface area contributed by atoms with E-state index < -0.39 is 0 Å². The van der Waals surface area contributed by atoms with Gasteiger partial charge in [0.15, 0.2) is 0 Å². The third-order valence-electron chi connectivity index (χ3n) is 6.08. The molecule has 2 aromatic heterocycles. The molecule has 1 aliphatic carbocycles. The lowest BCUT2D eigenvalue weighted by molar-refractivity contribution is -0.141. The highest BCUT2D eigenvalue weighted by atomic mass is 16.5. The number of carbonyl (C=O) groups is 1. The molecule has 29 heavy (non-hydrogen) atoms. The van der Waals surface area contributed by atoms with Crippen LogP contribution in [0.2, 0.25) is 0 Å². The van der Waals surface area contributed by atoms with Crippen LogP contribution < -0.4 is 4.74 Å². The zero-order valence-corrected chi connectivity index (χ0v) is 16.5. The maximum Gasteiger partial charge on any atom is 0.233 e. The van der Waals surface area contributed by atoms with Gasteiger partial charge in [-0.1, -0.05) is 42.6 Å². The summed E-state index contributed by atoms with van der Waals surface area (Å²) in [6.07, 6.45) is 5.66. The van der Waals surface area contributed by atoms with Gasteiger partial charge >= 0.3 is 0 Å². The van der Waals surface area contributed by atoms with Gasteiger partial charge in [0.05, 0.1) is 18.5 Å². The molecule has 0 spiro atoms. The van der Waals surface area contributed by atoms with Crippen LogP contribution in [0.4, 0.5) is 0 Å². The number of carbonyl (C=O) groups excluding carboxylic acids is 1. The van der Waals surface area contributed by atoms with Gasteiger partial charge in [0.1, 0.15) is 0 Å². The van der Waals surface area contributed by atoms with Crippen molar-refractivity contribution >= 4 is 16.8 Å². The van der Waals surface area contributed by atoms with E-state index in [0.717, 1.165) is 29.3 Å². The number of amides is 1. The maximum atomic E-state index is 12.6. The molecule has 1 aromatic carbocycles. The monoisotopic (exact) mass is 392 g/mol. The van der Waals surface area contributed by atoms with E-state index in [2.05, 4.69) is 15.1 Å². The van der Waals surface area contributed by atoms with Crippen molar-refractivity contribution in [2.45, 2.75) is 38.0 Å². The number of aromatic nitrogens is 3. The predicted octanol–water partition coefficient (Wildman–Crippen LogP) is 3.80. The number of benzene rings is 1. The number of fused-ring (bicyclic) bond motifs is 1. The average molecular weight is 392 g/mol. The quantitative estimate of drug-likeness (QED) is 0.672. The molecule has 1 saturated carbocycles. The third kappa shape index (κ3) is 3.34. The zero-order valence-electron chi connectivity index (χ0n) is 16.5. The molecule has 1 saturated heterocycles. The molecule has 150 valence electrons. The number of pyridine rings is 1. The standard InChI is InChI=1S/C22H24N4O3/c1-28-19-11-17(16-9-5-6-10-18(16)23-19)20-24-21(29-25-20)15-12-26(13-15)22(27)14-7-3-2-4-8-14/h5-6,9-11,14-15H,2-4,7-8,12-13H2,1H3. The molecular weight excluding hydrogens is 368 g/mol. The van der Waals surface area contributed by atoms with Crippen LogP contribution in [0.1, 0.15) is 43.9 Å². The van der Waals surface area contributed by atoms with Crippen LogP contribution >= 0.6 is 0 Å². The van der Waals surface area contributed by atoms with E-state index in [1.165, 1.54) is 19.3 Å². The van der Waals surface area contributed by atoms with Crippen LogP contribution in [0.5, 0.6) is 5.88 Å². The van der Waals surface area contributed by atoms with Gasteiger partial charge in [-0.15, -0.1) is 0 Å². The normalized spacial score (nSPS) is 18.0. The minimum absolute atomic E-state index is 0.110. The van der Waals surface area contributed by atoms with Crippen molar-refractivity contribution in [3.05, 3.63) is 36.2 Å². The van der Waals surface area contributed by atoms with Gasteiger partial charge in [-0.3, -0.25) is 4.79 Å². The number of ether oxygens (including phenoxy) is 1. The van der Waals surface area contributed by atoms with Gasteiger partial charge in [-0.05, 0) is 18.9 Å². The molecule has 1 amide bonds. The Balaban J connectivity index is 1.33. The number of rotatable bonds is 4. The highest BCUT2D eigenvalue weighted by Crippen LogP contribution is 2.34. The second-order valence-electron chi connectivity index (χ2n) is 7.96. The molecular formula is C22H24N4O3. The highest BCUT2D eigenvalue weighted by molar-refractivity contribution is 5.93. The second kappa shape index (κ2) is 7.46. The molecule has 7 heteroatoms. The van der Waals surface area contributed by atoms with E-state index in [0.29, 0.717) is 36.6 Å². The molecule has 0 atom stereocenters. The molecule has 1 aliphatic heterocycles. The lowest BCUT2D eigenvalue weighted by Crippen LogP contribution is -2.51. The van der Waals surface area contributed by atoms with E-state index in [9.17, 15) is 4.79 Å². The van der Waals surface area contributed by atoms with E-state index >= 15 is 0 Å². The fourth-order valence-corrected chi connectivity index (χ4v) is 4.37. The second-order valence-corrected chi connectivity index (χ2v) is 7.96. The third-order valence-corrected chi connectivity index (χ3v) is 6.08. The smallest absolute Gasteiger partial charge is 0.233 e. The zero-order chi connectivity index (χ0) is 19.8. The van der Waals surface area contributed by atoms with Gasteiger partial charge in [0.25, 0.3) is 0 Å². The van der Waals surface area contributed by atoms with Crippen molar-refractivity contribution < 1.29 is 14.1 Å². The van der Waals surface area contributed by atoms with Crippen LogP contribution in [-0.2, 0) is 4.79 Å². The van der Waals surface area contributed by atoms with Crippen molar-refractivity contribution in [2.75, 3.05) is 20.2 Å². The molecule has 2 aliphatic rings. The Labute approximate surface area is 169 Å².